The Morgan fingerprint density at radius 2 is 1.62 bits per heavy atom. The van der Waals surface area contributed by atoms with Gasteiger partial charge >= 0.3 is 0 Å². The van der Waals surface area contributed by atoms with Crippen molar-refractivity contribution in [1.29, 1.82) is 0 Å². The summed E-state index contributed by atoms with van der Waals surface area (Å²) < 4.78 is 0. The van der Waals surface area contributed by atoms with E-state index in [1.807, 2.05) is 0 Å². The van der Waals surface area contributed by atoms with E-state index >= 15 is 0 Å². The molecule has 0 aromatic carbocycles. The first kappa shape index (κ1) is 9.47. The molecule has 0 spiro atoms. The lowest BCUT2D eigenvalue weighted by molar-refractivity contribution is 0.0986. The SMILES string of the molecule is CC(N)C1(N2CCCC2)CCCC1. The van der Waals surface area contributed by atoms with Crippen LogP contribution in [-0.4, -0.2) is 29.6 Å². The summed E-state index contributed by atoms with van der Waals surface area (Å²) in [5.41, 5.74) is 6.56. The van der Waals surface area contributed by atoms with E-state index in [4.69, 9.17) is 5.73 Å². The molecule has 2 aliphatic rings. The predicted octanol–water partition coefficient (Wildman–Crippen LogP) is 1.74. The largest absolute Gasteiger partial charge is 0.326 e. The van der Waals surface area contributed by atoms with Crippen molar-refractivity contribution in [2.24, 2.45) is 5.73 Å². The molecule has 0 aromatic heterocycles. The van der Waals surface area contributed by atoms with Gasteiger partial charge in [-0.2, -0.15) is 0 Å². The van der Waals surface area contributed by atoms with Crippen molar-refractivity contribution in [2.75, 3.05) is 13.1 Å². The fraction of sp³-hybridized carbons (Fsp3) is 1.00. The van der Waals surface area contributed by atoms with E-state index < -0.39 is 0 Å². The maximum Gasteiger partial charge on any atom is 0.0357 e. The summed E-state index contributed by atoms with van der Waals surface area (Å²) in [5.74, 6) is 0. The highest BCUT2D eigenvalue weighted by atomic mass is 15.2. The summed E-state index contributed by atoms with van der Waals surface area (Å²) in [6.07, 6.45) is 8.22. The normalized spacial score (nSPS) is 30.9. The quantitative estimate of drug-likeness (QED) is 0.705. The van der Waals surface area contributed by atoms with Crippen LogP contribution >= 0.6 is 0 Å². The van der Waals surface area contributed by atoms with Crippen LogP contribution in [0.5, 0.6) is 0 Å². The average Bonchev–Trinajstić information content (AvgIpc) is 2.75. The lowest BCUT2D eigenvalue weighted by Gasteiger charge is -2.42. The Hall–Kier alpha value is -0.0800. The first-order chi connectivity index (χ1) is 6.26. The van der Waals surface area contributed by atoms with E-state index in [1.165, 1.54) is 51.6 Å². The topological polar surface area (TPSA) is 29.3 Å². The van der Waals surface area contributed by atoms with Crippen molar-refractivity contribution >= 4 is 0 Å². The van der Waals surface area contributed by atoms with Crippen LogP contribution in [-0.2, 0) is 0 Å². The number of hydrogen-bond acceptors (Lipinski definition) is 2. The van der Waals surface area contributed by atoms with Crippen molar-refractivity contribution in [1.82, 2.24) is 4.90 Å². The Morgan fingerprint density at radius 3 is 2.08 bits per heavy atom. The molecule has 0 radical (unpaired) electrons. The number of likely N-dealkylation sites (tertiary alicyclic amines) is 1. The van der Waals surface area contributed by atoms with E-state index in [-0.39, 0.29) is 0 Å². The lowest BCUT2D eigenvalue weighted by Crippen LogP contribution is -2.56. The smallest absolute Gasteiger partial charge is 0.0357 e. The van der Waals surface area contributed by atoms with E-state index in [0.717, 1.165) is 0 Å². The first-order valence-corrected chi connectivity index (χ1v) is 5.76. The monoisotopic (exact) mass is 182 g/mol. The van der Waals surface area contributed by atoms with Gasteiger partial charge in [0.1, 0.15) is 0 Å². The minimum absolute atomic E-state index is 0.355. The number of hydrogen-bond donors (Lipinski definition) is 1. The molecule has 76 valence electrons. The van der Waals surface area contributed by atoms with Gasteiger partial charge in [-0.25, -0.2) is 0 Å². The summed E-state index contributed by atoms with van der Waals surface area (Å²) in [5, 5.41) is 0. The fourth-order valence-corrected chi connectivity index (χ4v) is 3.21. The molecule has 13 heavy (non-hydrogen) atoms. The standard InChI is InChI=1S/C11H22N2/c1-10(12)11(6-2-3-7-11)13-8-4-5-9-13/h10H,2-9,12H2,1H3. The van der Waals surface area contributed by atoms with E-state index in [2.05, 4.69) is 11.8 Å². The molecule has 2 fully saturated rings. The molecule has 1 saturated heterocycles. The van der Waals surface area contributed by atoms with Crippen LogP contribution < -0.4 is 5.73 Å². The van der Waals surface area contributed by atoms with Crippen molar-refractivity contribution in [2.45, 2.75) is 57.0 Å². The lowest BCUT2D eigenvalue weighted by atomic mass is 9.88. The summed E-state index contributed by atoms with van der Waals surface area (Å²) in [6, 6.07) is 0.355. The summed E-state index contributed by atoms with van der Waals surface area (Å²) >= 11 is 0. The van der Waals surface area contributed by atoms with Crippen LogP contribution in [0.15, 0.2) is 0 Å². The molecule has 1 unspecified atom stereocenters. The molecule has 2 rings (SSSR count). The zero-order valence-corrected chi connectivity index (χ0v) is 8.76. The second-order valence-electron chi connectivity index (χ2n) is 4.79. The molecular weight excluding hydrogens is 160 g/mol. The second kappa shape index (κ2) is 3.58. The highest BCUT2D eigenvalue weighted by Crippen LogP contribution is 2.39. The van der Waals surface area contributed by atoms with Crippen molar-refractivity contribution < 1.29 is 0 Å². The Labute approximate surface area is 81.5 Å². The maximum atomic E-state index is 6.17. The second-order valence-corrected chi connectivity index (χ2v) is 4.79. The van der Waals surface area contributed by atoms with Gasteiger partial charge in [0.15, 0.2) is 0 Å². The summed E-state index contributed by atoms with van der Waals surface area (Å²) in [6.45, 7) is 4.78. The average molecular weight is 182 g/mol. The van der Waals surface area contributed by atoms with Crippen LogP contribution in [0.3, 0.4) is 0 Å². The molecule has 2 heteroatoms. The Bertz CT molecular complexity index is 165. The molecule has 1 atom stereocenters. The molecular formula is C11H22N2. The minimum atomic E-state index is 0.355. The highest BCUT2D eigenvalue weighted by molar-refractivity contribution is 5.01. The van der Waals surface area contributed by atoms with E-state index in [1.54, 1.807) is 0 Å². The van der Waals surface area contributed by atoms with Gasteiger partial charge in [0.2, 0.25) is 0 Å². The molecule has 0 bridgehead atoms. The number of nitrogens with two attached hydrogens (primary N) is 1. The third-order valence-electron chi connectivity index (χ3n) is 4.05. The highest BCUT2D eigenvalue weighted by Gasteiger charge is 2.43. The zero-order chi connectivity index (χ0) is 9.31. The molecule has 2 N–H and O–H groups in total. The molecule has 0 amide bonds. The molecule has 2 nitrogen and oxygen atoms in total. The Morgan fingerprint density at radius 1 is 1.08 bits per heavy atom. The van der Waals surface area contributed by atoms with Crippen LogP contribution in [0, 0.1) is 0 Å². The van der Waals surface area contributed by atoms with Gasteiger partial charge in [0.25, 0.3) is 0 Å². The van der Waals surface area contributed by atoms with Gasteiger partial charge in [0.05, 0.1) is 0 Å². The van der Waals surface area contributed by atoms with Crippen molar-refractivity contribution in [3.8, 4) is 0 Å². The van der Waals surface area contributed by atoms with E-state index in [9.17, 15) is 0 Å². The maximum absolute atomic E-state index is 6.17. The summed E-state index contributed by atoms with van der Waals surface area (Å²) in [7, 11) is 0. The predicted molar refractivity (Wildman–Crippen MR) is 55.7 cm³/mol. The van der Waals surface area contributed by atoms with Crippen LogP contribution in [0.25, 0.3) is 0 Å². The third-order valence-corrected chi connectivity index (χ3v) is 4.05. The van der Waals surface area contributed by atoms with Crippen molar-refractivity contribution in [3.63, 3.8) is 0 Å². The fourth-order valence-electron chi connectivity index (χ4n) is 3.21. The molecule has 1 saturated carbocycles. The number of nitrogens with zero attached hydrogens (tertiary/aromatic N) is 1. The molecule has 1 aliphatic carbocycles. The van der Waals surface area contributed by atoms with E-state index in [0.29, 0.717) is 11.6 Å². The molecule has 0 aromatic rings. The van der Waals surface area contributed by atoms with Gasteiger partial charge in [-0.3, -0.25) is 4.90 Å². The summed E-state index contributed by atoms with van der Waals surface area (Å²) in [4.78, 5) is 2.67. The Kier molecular flexibility index (Phi) is 2.61. The first-order valence-electron chi connectivity index (χ1n) is 5.76. The van der Waals surface area contributed by atoms with Gasteiger partial charge in [0, 0.05) is 11.6 Å². The van der Waals surface area contributed by atoms with Crippen LogP contribution in [0.1, 0.15) is 45.4 Å². The minimum Gasteiger partial charge on any atom is -0.326 e. The van der Waals surface area contributed by atoms with Crippen molar-refractivity contribution in [3.05, 3.63) is 0 Å². The number of rotatable bonds is 2. The van der Waals surface area contributed by atoms with Gasteiger partial charge in [-0.05, 0) is 45.7 Å². The van der Waals surface area contributed by atoms with Crippen LogP contribution in [0.4, 0.5) is 0 Å². The van der Waals surface area contributed by atoms with Gasteiger partial charge < -0.3 is 5.73 Å². The molecule has 1 aliphatic heterocycles. The molecule has 1 heterocycles. The van der Waals surface area contributed by atoms with Gasteiger partial charge in [-0.15, -0.1) is 0 Å². The zero-order valence-electron chi connectivity index (χ0n) is 8.76. The third kappa shape index (κ3) is 1.50. The van der Waals surface area contributed by atoms with Crippen LogP contribution in [0.2, 0.25) is 0 Å². The van der Waals surface area contributed by atoms with Gasteiger partial charge in [-0.1, -0.05) is 12.8 Å². The Balaban J connectivity index is 2.11.